The van der Waals surface area contributed by atoms with Crippen LogP contribution in [0.15, 0.2) is 58.5 Å². The second-order valence-corrected chi connectivity index (χ2v) is 9.21. The third-order valence-electron chi connectivity index (χ3n) is 3.59. The van der Waals surface area contributed by atoms with Gasteiger partial charge in [0.2, 0.25) is 10.0 Å². The maximum Gasteiger partial charge on any atom is 0.243 e. The fourth-order valence-electron chi connectivity index (χ4n) is 2.04. The molecule has 6 nitrogen and oxygen atoms in total. The van der Waals surface area contributed by atoms with E-state index in [1.54, 1.807) is 31.3 Å². The maximum atomic E-state index is 12.7. The van der Waals surface area contributed by atoms with Gasteiger partial charge in [-0.05, 0) is 43.3 Å². The van der Waals surface area contributed by atoms with Crippen LogP contribution in [0.25, 0.3) is 0 Å². The molecule has 0 radical (unpaired) electrons. The molecule has 2 aromatic rings. The van der Waals surface area contributed by atoms with E-state index in [-0.39, 0.29) is 9.79 Å². The second kappa shape index (κ2) is 6.38. The summed E-state index contributed by atoms with van der Waals surface area (Å²) in [7, 11) is -5.64. The first-order valence-electron chi connectivity index (χ1n) is 6.83. The molecule has 8 heteroatoms. The number of nitrogens with zero attached hydrogens (tertiary/aromatic N) is 2. The quantitative estimate of drug-likeness (QED) is 0.818. The molecule has 0 bridgehead atoms. The third-order valence-corrected chi connectivity index (χ3v) is 6.66. The molecule has 0 saturated carbocycles. The summed E-state index contributed by atoms with van der Waals surface area (Å²) in [5.74, 6) is 0. The van der Waals surface area contributed by atoms with E-state index in [4.69, 9.17) is 0 Å². The predicted molar refractivity (Wildman–Crippen MR) is 87.2 cm³/mol. The van der Waals surface area contributed by atoms with Gasteiger partial charge in [0.15, 0.2) is 9.84 Å². The largest absolute Gasteiger partial charge is 0.260 e. The minimum absolute atomic E-state index is 0.0372. The lowest BCUT2D eigenvalue weighted by Crippen LogP contribution is -2.30. The fourth-order valence-corrected chi connectivity index (χ4v) is 4.01. The van der Waals surface area contributed by atoms with Gasteiger partial charge in [-0.1, -0.05) is 6.07 Å². The number of hydrogen-bond acceptors (Lipinski definition) is 5. The van der Waals surface area contributed by atoms with E-state index >= 15 is 0 Å². The van der Waals surface area contributed by atoms with Crippen molar-refractivity contribution in [3.05, 3.63) is 54.4 Å². The number of sulfonamides is 1. The van der Waals surface area contributed by atoms with Crippen molar-refractivity contribution in [2.45, 2.75) is 22.8 Å². The van der Waals surface area contributed by atoms with Gasteiger partial charge < -0.3 is 0 Å². The summed E-state index contributed by atoms with van der Waals surface area (Å²) in [5, 5.41) is 0. The van der Waals surface area contributed by atoms with Crippen molar-refractivity contribution in [2.24, 2.45) is 0 Å². The Morgan fingerprint density at radius 3 is 2.00 bits per heavy atom. The highest BCUT2D eigenvalue weighted by Crippen LogP contribution is 2.25. The molecular formula is C15H18N2O4S2. The molecule has 0 aliphatic heterocycles. The molecule has 0 fully saturated rings. The van der Waals surface area contributed by atoms with Gasteiger partial charge in [0, 0.05) is 19.5 Å². The molecule has 124 valence electrons. The van der Waals surface area contributed by atoms with Crippen LogP contribution in [0, 0.1) is 0 Å². The van der Waals surface area contributed by atoms with Gasteiger partial charge in [0.1, 0.15) is 0 Å². The Hall–Kier alpha value is -1.77. The van der Waals surface area contributed by atoms with E-state index in [0.29, 0.717) is 5.69 Å². The third kappa shape index (κ3) is 3.77. The van der Waals surface area contributed by atoms with Crippen LogP contribution in [0.3, 0.4) is 0 Å². The van der Waals surface area contributed by atoms with Crippen molar-refractivity contribution in [3.63, 3.8) is 0 Å². The lowest BCUT2D eigenvalue weighted by Gasteiger charge is -2.24. The molecule has 0 spiro atoms. The molecule has 1 atom stereocenters. The van der Waals surface area contributed by atoms with E-state index in [1.807, 2.05) is 0 Å². The minimum atomic E-state index is -3.75. The Morgan fingerprint density at radius 1 is 0.957 bits per heavy atom. The van der Waals surface area contributed by atoms with Crippen molar-refractivity contribution < 1.29 is 16.8 Å². The van der Waals surface area contributed by atoms with E-state index in [9.17, 15) is 16.8 Å². The molecule has 0 saturated heterocycles. The van der Waals surface area contributed by atoms with Crippen molar-refractivity contribution in [1.29, 1.82) is 0 Å². The zero-order valence-electron chi connectivity index (χ0n) is 13.0. The average molecular weight is 354 g/mol. The Morgan fingerprint density at radius 2 is 1.52 bits per heavy atom. The molecular weight excluding hydrogens is 336 g/mol. The summed E-state index contributed by atoms with van der Waals surface area (Å²) in [4.78, 5) is 4.29. The fraction of sp³-hybridized carbons (Fsp3) is 0.267. The Bertz CT molecular complexity index is 877. The number of sulfone groups is 1. The molecule has 1 aromatic heterocycles. The summed E-state index contributed by atoms with van der Waals surface area (Å²) in [6.07, 6.45) is 2.68. The van der Waals surface area contributed by atoms with Crippen LogP contribution < -0.4 is 0 Å². The number of pyridine rings is 1. The monoisotopic (exact) mass is 354 g/mol. The summed E-state index contributed by atoms with van der Waals surface area (Å²) in [5.41, 5.74) is 0.631. The van der Waals surface area contributed by atoms with Crippen LogP contribution in [-0.2, 0) is 19.9 Å². The molecule has 0 N–H and O–H groups in total. The maximum absolute atomic E-state index is 12.7. The smallest absolute Gasteiger partial charge is 0.243 e. The van der Waals surface area contributed by atoms with Gasteiger partial charge in [-0.2, -0.15) is 4.31 Å². The van der Waals surface area contributed by atoms with E-state index in [2.05, 4.69) is 4.98 Å². The summed E-state index contributed by atoms with van der Waals surface area (Å²) >= 11 is 0. The van der Waals surface area contributed by atoms with Crippen LogP contribution in [0.1, 0.15) is 18.7 Å². The number of benzene rings is 1. The van der Waals surface area contributed by atoms with Crippen LogP contribution >= 0.6 is 0 Å². The first-order chi connectivity index (χ1) is 10.6. The van der Waals surface area contributed by atoms with Crippen molar-refractivity contribution >= 4 is 19.9 Å². The molecule has 0 aliphatic rings. The van der Waals surface area contributed by atoms with Crippen molar-refractivity contribution in [1.82, 2.24) is 9.29 Å². The van der Waals surface area contributed by atoms with Crippen molar-refractivity contribution in [2.75, 3.05) is 13.3 Å². The van der Waals surface area contributed by atoms with Gasteiger partial charge >= 0.3 is 0 Å². The predicted octanol–water partition coefficient (Wildman–Crippen LogP) is 1.87. The molecule has 1 heterocycles. The normalized spacial score (nSPS) is 13.9. The van der Waals surface area contributed by atoms with Gasteiger partial charge in [-0.3, -0.25) is 4.98 Å². The van der Waals surface area contributed by atoms with Crippen LogP contribution in [0.2, 0.25) is 0 Å². The average Bonchev–Trinajstić information content (AvgIpc) is 2.53. The number of hydrogen-bond donors (Lipinski definition) is 0. The van der Waals surface area contributed by atoms with E-state index in [1.165, 1.54) is 35.6 Å². The first-order valence-corrected chi connectivity index (χ1v) is 10.2. The van der Waals surface area contributed by atoms with Crippen LogP contribution in [0.5, 0.6) is 0 Å². The zero-order valence-corrected chi connectivity index (χ0v) is 14.7. The Kier molecular flexibility index (Phi) is 4.88. The van der Waals surface area contributed by atoms with Crippen LogP contribution in [-0.4, -0.2) is 39.4 Å². The Balaban J connectivity index is 2.34. The highest BCUT2D eigenvalue weighted by Gasteiger charge is 2.27. The molecule has 1 aromatic carbocycles. The summed E-state index contributed by atoms with van der Waals surface area (Å²) < 4.78 is 49.4. The first kappa shape index (κ1) is 17.6. The van der Waals surface area contributed by atoms with Crippen LogP contribution in [0.4, 0.5) is 0 Å². The number of aromatic nitrogens is 1. The number of rotatable bonds is 5. The van der Waals surface area contributed by atoms with Gasteiger partial charge in [-0.15, -0.1) is 0 Å². The van der Waals surface area contributed by atoms with Gasteiger partial charge in [-0.25, -0.2) is 16.8 Å². The molecule has 2 rings (SSSR count). The SMILES string of the molecule is CC(c1ccccn1)N(C)S(=O)(=O)c1ccc(S(C)(=O)=O)cc1. The van der Waals surface area contributed by atoms with Gasteiger partial charge in [0.25, 0.3) is 0 Å². The molecule has 0 amide bonds. The summed E-state index contributed by atoms with van der Waals surface area (Å²) in [6, 6.07) is 10.0. The highest BCUT2D eigenvalue weighted by atomic mass is 32.2. The molecule has 1 unspecified atom stereocenters. The standard InChI is InChI=1S/C15H18N2O4S2/c1-12(15-6-4-5-11-16-15)17(2)23(20,21)14-9-7-13(8-10-14)22(3,18)19/h4-12H,1-3H3. The zero-order chi connectivity index (χ0) is 17.3. The molecule has 0 aliphatic carbocycles. The lowest BCUT2D eigenvalue weighted by molar-refractivity contribution is 0.392. The van der Waals surface area contributed by atoms with Crippen molar-refractivity contribution in [3.8, 4) is 0 Å². The van der Waals surface area contributed by atoms with E-state index in [0.717, 1.165) is 6.26 Å². The van der Waals surface area contributed by atoms with Gasteiger partial charge in [0.05, 0.1) is 21.5 Å². The molecule has 23 heavy (non-hydrogen) atoms. The van der Waals surface area contributed by atoms with E-state index < -0.39 is 25.9 Å². The summed E-state index contributed by atoms with van der Waals surface area (Å²) in [6.45, 7) is 1.74. The topological polar surface area (TPSA) is 84.4 Å². The second-order valence-electron chi connectivity index (χ2n) is 5.20. The minimum Gasteiger partial charge on any atom is -0.260 e. The lowest BCUT2D eigenvalue weighted by atomic mass is 10.2. The highest BCUT2D eigenvalue weighted by molar-refractivity contribution is 7.90. The Labute approximate surface area is 136 Å².